The van der Waals surface area contributed by atoms with E-state index in [0.29, 0.717) is 22.0 Å². The first-order valence-corrected chi connectivity index (χ1v) is 5.38. The van der Waals surface area contributed by atoms with Gasteiger partial charge in [0.25, 0.3) is 0 Å². The van der Waals surface area contributed by atoms with Crippen molar-refractivity contribution >= 4 is 17.9 Å². The number of methoxy groups -OCH3 is 1. The topological polar surface area (TPSA) is 55.0 Å². The van der Waals surface area contributed by atoms with Gasteiger partial charge in [-0.2, -0.15) is 5.10 Å². The van der Waals surface area contributed by atoms with Crippen molar-refractivity contribution in [2.24, 2.45) is 0 Å². The third kappa shape index (κ3) is 2.03. The Balaban J connectivity index is 2.70. The molecule has 1 heterocycles. The number of aldehydes is 1. The van der Waals surface area contributed by atoms with Gasteiger partial charge in [-0.1, -0.05) is 11.6 Å². The zero-order valence-electron chi connectivity index (χ0n) is 9.45. The van der Waals surface area contributed by atoms with Crippen molar-refractivity contribution in [1.29, 1.82) is 0 Å². The van der Waals surface area contributed by atoms with E-state index >= 15 is 0 Å². The van der Waals surface area contributed by atoms with Crippen molar-refractivity contribution in [1.82, 2.24) is 10.2 Å². The Bertz CT molecular complexity index is 564. The number of nitrogens with one attached hydrogen (secondary N) is 1. The molecule has 5 heteroatoms. The summed E-state index contributed by atoms with van der Waals surface area (Å²) in [6.45, 7) is 1.89. The SMILES string of the molecule is COc1c(C)cc(Cl)cc1-c1[nH]ncc1C=O. The number of nitrogens with zero attached hydrogens (tertiary/aromatic N) is 1. The fourth-order valence-electron chi connectivity index (χ4n) is 1.79. The Morgan fingerprint density at radius 3 is 2.88 bits per heavy atom. The predicted octanol–water partition coefficient (Wildman–Crippen LogP) is 2.86. The molecule has 0 bridgehead atoms. The summed E-state index contributed by atoms with van der Waals surface area (Å²) >= 11 is 6.01. The van der Waals surface area contributed by atoms with Crippen molar-refractivity contribution in [2.75, 3.05) is 7.11 Å². The fraction of sp³-hybridized carbons (Fsp3) is 0.167. The first-order chi connectivity index (χ1) is 8.17. The molecule has 0 amide bonds. The summed E-state index contributed by atoms with van der Waals surface area (Å²) in [7, 11) is 1.58. The van der Waals surface area contributed by atoms with Gasteiger partial charge in [-0.3, -0.25) is 9.89 Å². The molecular formula is C12H11ClN2O2. The third-order valence-corrected chi connectivity index (χ3v) is 2.73. The molecule has 0 radical (unpaired) electrons. The number of benzene rings is 1. The second-order valence-electron chi connectivity index (χ2n) is 3.62. The van der Waals surface area contributed by atoms with Crippen LogP contribution in [0.3, 0.4) is 0 Å². The summed E-state index contributed by atoms with van der Waals surface area (Å²) in [5, 5.41) is 7.22. The first-order valence-electron chi connectivity index (χ1n) is 5.00. The molecule has 1 N–H and O–H groups in total. The minimum atomic E-state index is 0.477. The molecule has 17 heavy (non-hydrogen) atoms. The van der Waals surface area contributed by atoms with Crippen molar-refractivity contribution in [3.63, 3.8) is 0 Å². The normalized spacial score (nSPS) is 10.3. The summed E-state index contributed by atoms with van der Waals surface area (Å²) in [6, 6.07) is 3.55. The molecule has 2 aromatic rings. The lowest BCUT2D eigenvalue weighted by Gasteiger charge is -2.11. The Hall–Kier alpha value is -1.81. The van der Waals surface area contributed by atoms with Crippen LogP contribution in [0.2, 0.25) is 5.02 Å². The standard InChI is InChI=1S/C12H11ClN2O2/c1-7-3-9(13)4-10(12(7)17-2)11-8(6-16)5-14-15-11/h3-6H,1-2H3,(H,14,15). The molecule has 0 fully saturated rings. The van der Waals surface area contributed by atoms with Crippen molar-refractivity contribution in [2.45, 2.75) is 6.92 Å². The number of aromatic nitrogens is 2. The van der Waals surface area contributed by atoms with Gasteiger partial charge in [-0.05, 0) is 24.6 Å². The number of aromatic amines is 1. The lowest BCUT2D eigenvalue weighted by molar-refractivity contribution is 0.112. The monoisotopic (exact) mass is 250 g/mol. The smallest absolute Gasteiger partial charge is 0.153 e. The molecule has 2 rings (SSSR count). The minimum absolute atomic E-state index is 0.477. The molecule has 88 valence electrons. The molecule has 0 unspecified atom stereocenters. The van der Waals surface area contributed by atoms with Crippen LogP contribution >= 0.6 is 11.6 Å². The van der Waals surface area contributed by atoms with Crippen LogP contribution in [0.15, 0.2) is 18.3 Å². The number of aryl methyl sites for hydroxylation is 1. The molecule has 1 aromatic heterocycles. The first kappa shape index (κ1) is 11.7. The van der Waals surface area contributed by atoms with Crippen LogP contribution in [0, 0.1) is 6.92 Å². The highest BCUT2D eigenvalue weighted by Gasteiger charge is 2.15. The van der Waals surface area contributed by atoms with Gasteiger partial charge < -0.3 is 4.74 Å². The lowest BCUT2D eigenvalue weighted by atomic mass is 10.0. The molecular weight excluding hydrogens is 240 g/mol. The molecule has 0 aliphatic carbocycles. The molecule has 0 saturated carbocycles. The van der Waals surface area contributed by atoms with Crippen LogP contribution in [0.1, 0.15) is 15.9 Å². The summed E-state index contributed by atoms with van der Waals surface area (Å²) in [5.41, 5.74) is 2.73. The maximum atomic E-state index is 10.9. The third-order valence-electron chi connectivity index (χ3n) is 2.51. The van der Waals surface area contributed by atoms with Gasteiger partial charge in [0.2, 0.25) is 0 Å². The summed E-state index contributed by atoms with van der Waals surface area (Å²) in [5.74, 6) is 0.682. The second kappa shape index (κ2) is 4.59. The van der Waals surface area contributed by atoms with Crippen LogP contribution in [0.25, 0.3) is 11.3 Å². The van der Waals surface area contributed by atoms with Crippen molar-refractivity contribution < 1.29 is 9.53 Å². The van der Waals surface area contributed by atoms with Crippen LogP contribution in [-0.2, 0) is 0 Å². The molecule has 0 aliphatic heterocycles. The van der Waals surface area contributed by atoms with Gasteiger partial charge in [0.15, 0.2) is 6.29 Å². The van der Waals surface area contributed by atoms with E-state index in [4.69, 9.17) is 16.3 Å². The van der Waals surface area contributed by atoms with Gasteiger partial charge in [0.1, 0.15) is 5.75 Å². The Labute approximate surface area is 104 Å². The maximum Gasteiger partial charge on any atom is 0.153 e. The average molecular weight is 251 g/mol. The van der Waals surface area contributed by atoms with E-state index in [1.54, 1.807) is 19.2 Å². The molecule has 4 nitrogen and oxygen atoms in total. The van der Waals surface area contributed by atoms with Gasteiger partial charge in [0, 0.05) is 10.6 Å². The van der Waals surface area contributed by atoms with Crippen LogP contribution in [0.4, 0.5) is 0 Å². The predicted molar refractivity (Wildman–Crippen MR) is 65.7 cm³/mol. The molecule has 0 saturated heterocycles. The average Bonchev–Trinajstić information content (AvgIpc) is 2.75. The number of ether oxygens (including phenoxy) is 1. The van der Waals surface area contributed by atoms with Gasteiger partial charge in [-0.15, -0.1) is 0 Å². The fourth-order valence-corrected chi connectivity index (χ4v) is 2.06. The Morgan fingerprint density at radius 2 is 2.24 bits per heavy atom. The van der Waals surface area contributed by atoms with E-state index in [0.717, 1.165) is 17.4 Å². The number of rotatable bonds is 3. The van der Waals surface area contributed by atoms with Gasteiger partial charge in [0.05, 0.1) is 24.6 Å². The van der Waals surface area contributed by atoms with Crippen LogP contribution < -0.4 is 4.74 Å². The Morgan fingerprint density at radius 1 is 1.47 bits per heavy atom. The maximum absolute atomic E-state index is 10.9. The minimum Gasteiger partial charge on any atom is -0.496 e. The second-order valence-corrected chi connectivity index (χ2v) is 4.06. The highest BCUT2D eigenvalue weighted by molar-refractivity contribution is 6.31. The number of H-pyrrole nitrogens is 1. The van der Waals surface area contributed by atoms with Gasteiger partial charge >= 0.3 is 0 Å². The highest BCUT2D eigenvalue weighted by atomic mass is 35.5. The largest absolute Gasteiger partial charge is 0.496 e. The molecule has 0 aliphatic rings. The van der Waals surface area contributed by atoms with E-state index < -0.39 is 0 Å². The van der Waals surface area contributed by atoms with E-state index in [1.807, 2.05) is 6.92 Å². The zero-order chi connectivity index (χ0) is 12.4. The van der Waals surface area contributed by atoms with Crippen LogP contribution in [-0.4, -0.2) is 23.6 Å². The van der Waals surface area contributed by atoms with Crippen LogP contribution in [0.5, 0.6) is 5.75 Å². The number of halogens is 1. The summed E-state index contributed by atoms with van der Waals surface area (Å²) in [4.78, 5) is 10.9. The summed E-state index contributed by atoms with van der Waals surface area (Å²) in [6.07, 6.45) is 2.21. The molecule has 0 atom stereocenters. The Kier molecular flexibility index (Phi) is 3.15. The number of hydrogen-bond acceptors (Lipinski definition) is 3. The number of carbonyl (C=O) groups is 1. The number of hydrogen-bond donors (Lipinski definition) is 1. The number of carbonyl (C=O) groups excluding carboxylic acids is 1. The quantitative estimate of drug-likeness (QED) is 0.853. The highest BCUT2D eigenvalue weighted by Crippen LogP contribution is 2.35. The van der Waals surface area contributed by atoms with E-state index in [-0.39, 0.29) is 0 Å². The van der Waals surface area contributed by atoms with Crippen molar-refractivity contribution in [3.8, 4) is 17.0 Å². The molecule has 1 aromatic carbocycles. The van der Waals surface area contributed by atoms with E-state index in [9.17, 15) is 4.79 Å². The van der Waals surface area contributed by atoms with E-state index in [2.05, 4.69) is 10.2 Å². The lowest BCUT2D eigenvalue weighted by Crippen LogP contribution is -1.94. The van der Waals surface area contributed by atoms with E-state index in [1.165, 1.54) is 6.20 Å². The van der Waals surface area contributed by atoms with Gasteiger partial charge in [-0.25, -0.2) is 0 Å². The summed E-state index contributed by atoms with van der Waals surface area (Å²) < 4.78 is 5.33. The zero-order valence-corrected chi connectivity index (χ0v) is 10.2. The molecule has 0 spiro atoms. The van der Waals surface area contributed by atoms with Crippen molar-refractivity contribution in [3.05, 3.63) is 34.5 Å².